The fourth-order valence-electron chi connectivity index (χ4n) is 2.12. The summed E-state index contributed by atoms with van der Waals surface area (Å²) >= 11 is 6.12. The summed E-state index contributed by atoms with van der Waals surface area (Å²) in [4.78, 5) is 0. The van der Waals surface area contributed by atoms with Gasteiger partial charge in [-0.05, 0) is 23.8 Å². The molecule has 0 radical (unpaired) electrons. The maximum atomic E-state index is 13.4. The summed E-state index contributed by atoms with van der Waals surface area (Å²) in [6, 6.07) is 10.0. The van der Waals surface area contributed by atoms with Crippen LogP contribution >= 0.6 is 11.6 Å². The largest absolute Gasteiger partial charge is 0.367 e. The van der Waals surface area contributed by atoms with Crippen LogP contribution in [-0.4, -0.2) is 5.16 Å². The summed E-state index contributed by atoms with van der Waals surface area (Å²) in [5.74, 6) is -1.46. The number of halogens is 3. The summed E-state index contributed by atoms with van der Waals surface area (Å²) in [5.41, 5.74) is 7.19. The molecule has 0 atom stereocenters. The predicted octanol–water partition coefficient (Wildman–Crippen LogP) is 4.52. The summed E-state index contributed by atoms with van der Waals surface area (Å²) in [5, 5.41) is 4.29. The molecule has 0 fully saturated rings. The predicted molar refractivity (Wildman–Crippen MR) is 76.7 cm³/mol. The Balaban J connectivity index is 2.25. The molecule has 106 valence electrons. The zero-order valence-electron chi connectivity index (χ0n) is 10.6. The van der Waals surface area contributed by atoms with E-state index in [-0.39, 0.29) is 11.4 Å². The molecule has 0 aliphatic rings. The molecular formula is C15H9ClF2N2O. The molecule has 1 heterocycles. The summed E-state index contributed by atoms with van der Waals surface area (Å²) in [6.45, 7) is 0. The number of nitrogens with two attached hydrogens (primary N) is 1. The Bertz CT molecular complexity index is 797. The molecule has 0 spiro atoms. The maximum Gasteiger partial charge on any atom is 0.230 e. The Labute approximate surface area is 123 Å². The summed E-state index contributed by atoms with van der Waals surface area (Å²) < 4.78 is 31.8. The molecule has 6 heteroatoms. The minimum absolute atomic E-state index is 0.0325. The molecule has 0 saturated carbocycles. The van der Waals surface area contributed by atoms with E-state index in [1.165, 1.54) is 0 Å². The standard InChI is InChI=1S/C15H9ClF2N2O/c16-12-4-2-1-3-11(12)14-13(15(19)21-20-14)8-5-9(17)7-10(18)6-8/h1-7H,19H2. The Morgan fingerprint density at radius 1 is 1.05 bits per heavy atom. The van der Waals surface area contributed by atoms with Gasteiger partial charge < -0.3 is 10.3 Å². The van der Waals surface area contributed by atoms with Crippen LogP contribution < -0.4 is 5.73 Å². The minimum Gasteiger partial charge on any atom is -0.367 e. The Hall–Kier alpha value is -2.40. The zero-order chi connectivity index (χ0) is 15.0. The van der Waals surface area contributed by atoms with Crippen LogP contribution in [0.5, 0.6) is 0 Å². The van der Waals surface area contributed by atoms with Crippen molar-refractivity contribution in [2.75, 3.05) is 5.73 Å². The van der Waals surface area contributed by atoms with Gasteiger partial charge in [0.2, 0.25) is 5.88 Å². The van der Waals surface area contributed by atoms with Crippen LogP contribution in [0.1, 0.15) is 0 Å². The van der Waals surface area contributed by atoms with Crippen LogP contribution in [0.2, 0.25) is 5.02 Å². The van der Waals surface area contributed by atoms with Gasteiger partial charge in [-0.3, -0.25) is 0 Å². The second kappa shape index (κ2) is 5.18. The highest BCUT2D eigenvalue weighted by Gasteiger charge is 2.20. The van der Waals surface area contributed by atoms with E-state index >= 15 is 0 Å². The van der Waals surface area contributed by atoms with Crippen LogP contribution in [-0.2, 0) is 0 Å². The molecule has 1 aromatic heterocycles. The van der Waals surface area contributed by atoms with Gasteiger partial charge in [-0.25, -0.2) is 8.78 Å². The lowest BCUT2D eigenvalue weighted by atomic mass is 10.0. The fraction of sp³-hybridized carbons (Fsp3) is 0. The van der Waals surface area contributed by atoms with Gasteiger partial charge in [-0.15, -0.1) is 0 Å². The molecule has 0 bridgehead atoms. The van der Waals surface area contributed by atoms with Crippen molar-refractivity contribution in [3.05, 3.63) is 59.1 Å². The van der Waals surface area contributed by atoms with Crippen molar-refractivity contribution in [1.29, 1.82) is 0 Å². The van der Waals surface area contributed by atoms with E-state index in [9.17, 15) is 8.78 Å². The van der Waals surface area contributed by atoms with E-state index in [4.69, 9.17) is 21.9 Å². The number of hydrogen-bond acceptors (Lipinski definition) is 3. The highest BCUT2D eigenvalue weighted by atomic mass is 35.5. The quantitative estimate of drug-likeness (QED) is 0.757. The van der Waals surface area contributed by atoms with Gasteiger partial charge in [0, 0.05) is 11.6 Å². The lowest BCUT2D eigenvalue weighted by molar-refractivity contribution is 0.439. The monoisotopic (exact) mass is 306 g/mol. The van der Waals surface area contributed by atoms with Gasteiger partial charge in [-0.2, -0.15) is 0 Å². The molecule has 0 aliphatic carbocycles. The van der Waals surface area contributed by atoms with Gasteiger partial charge in [-0.1, -0.05) is 35.0 Å². The summed E-state index contributed by atoms with van der Waals surface area (Å²) in [6.07, 6.45) is 0. The van der Waals surface area contributed by atoms with Gasteiger partial charge >= 0.3 is 0 Å². The van der Waals surface area contributed by atoms with Gasteiger partial charge in [0.25, 0.3) is 0 Å². The second-order valence-corrected chi connectivity index (χ2v) is 4.82. The van der Waals surface area contributed by atoms with E-state index in [2.05, 4.69) is 5.16 Å². The fourth-order valence-corrected chi connectivity index (χ4v) is 2.34. The van der Waals surface area contributed by atoms with E-state index in [0.29, 0.717) is 21.8 Å². The van der Waals surface area contributed by atoms with Crippen LogP contribution in [0, 0.1) is 11.6 Å². The lowest BCUT2D eigenvalue weighted by Gasteiger charge is -2.05. The van der Waals surface area contributed by atoms with E-state index in [1.807, 2.05) is 0 Å². The Morgan fingerprint density at radius 3 is 2.38 bits per heavy atom. The molecule has 21 heavy (non-hydrogen) atoms. The molecular weight excluding hydrogens is 298 g/mol. The number of nitrogens with zero attached hydrogens (tertiary/aromatic N) is 1. The molecule has 2 aromatic carbocycles. The average Bonchev–Trinajstić information content (AvgIpc) is 2.80. The molecule has 0 amide bonds. The molecule has 3 aromatic rings. The number of nitrogen functional groups attached to an aromatic ring is 1. The molecule has 2 N–H and O–H groups in total. The van der Waals surface area contributed by atoms with Gasteiger partial charge in [0.1, 0.15) is 17.3 Å². The van der Waals surface area contributed by atoms with Crippen LogP contribution in [0.25, 0.3) is 22.4 Å². The van der Waals surface area contributed by atoms with Crippen LogP contribution in [0.4, 0.5) is 14.7 Å². The summed E-state index contributed by atoms with van der Waals surface area (Å²) in [7, 11) is 0. The SMILES string of the molecule is Nc1onc(-c2ccccc2Cl)c1-c1cc(F)cc(F)c1. The first kappa shape index (κ1) is 13.6. The van der Waals surface area contributed by atoms with Crippen LogP contribution in [0.3, 0.4) is 0 Å². The third kappa shape index (κ3) is 2.48. The molecule has 3 rings (SSSR count). The van der Waals surface area contributed by atoms with Crippen molar-refractivity contribution < 1.29 is 13.3 Å². The first-order valence-electron chi connectivity index (χ1n) is 6.03. The van der Waals surface area contributed by atoms with E-state index < -0.39 is 11.6 Å². The number of hydrogen-bond donors (Lipinski definition) is 1. The topological polar surface area (TPSA) is 52.0 Å². The maximum absolute atomic E-state index is 13.4. The zero-order valence-corrected chi connectivity index (χ0v) is 11.4. The highest BCUT2D eigenvalue weighted by Crippen LogP contribution is 2.39. The molecule has 0 unspecified atom stereocenters. The van der Waals surface area contributed by atoms with E-state index in [0.717, 1.165) is 18.2 Å². The number of benzene rings is 2. The molecule has 3 nitrogen and oxygen atoms in total. The van der Waals surface area contributed by atoms with Gasteiger partial charge in [0.05, 0.1) is 10.6 Å². The highest BCUT2D eigenvalue weighted by molar-refractivity contribution is 6.33. The van der Waals surface area contributed by atoms with Crippen molar-refractivity contribution in [2.45, 2.75) is 0 Å². The van der Waals surface area contributed by atoms with E-state index in [1.54, 1.807) is 24.3 Å². The van der Waals surface area contributed by atoms with Crippen molar-refractivity contribution in [3.8, 4) is 22.4 Å². The third-order valence-corrected chi connectivity index (χ3v) is 3.33. The molecule has 0 saturated heterocycles. The Morgan fingerprint density at radius 2 is 1.71 bits per heavy atom. The van der Waals surface area contributed by atoms with Crippen LogP contribution in [0.15, 0.2) is 47.0 Å². The second-order valence-electron chi connectivity index (χ2n) is 4.41. The van der Waals surface area contributed by atoms with Crippen molar-refractivity contribution in [3.63, 3.8) is 0 Å². The normalized spacial score (nSPS) is 10.8. The first-order chi connectivity index (χ1) is 10.1. The van der Waals surface area contributed by atoms with Crippen molar-refractivity contribution in [2.24, 2.45) is 0 Å². The number of anilines is 1. The average molecular weight is 307 g/mol. The Kier molecular flexibility index (Phi) is 3.35. The van der Waals surface area contributed by atoms with Crippen molar-refractivity contribution >= 4 is 17.5 Å². The smallest absolute Gasteiger partial charge is 0.230 e. The number of rotatable bonds is 2. The first-order valence-corrected chi connectivity index (χ1v) is 6.40. The lowest BCUT2D eigenvalue weighted by Crippen LogP contribution is -1.90. The van der Waals surface area contributed by atoms with Gasteiger partial charge in [0.15, 0.2) is 0 Å². The number of aromatic nitrogens is 1. The minimum atomic E-state index is -0.712. The third-order valence-electron chi connectivity index (χ3n) is 3.00. The van der Waals surface area contributed by atoms with Crippen molar-refractivity contribution in [1.82, 2.24) is 5.16 Å². The molecule has 0 aliphatic heterocycles.